The van der Waals surface area contributed by atoms with E-state index in [0.29, 0.717) is 6.61 Å². The summed E-state index contributed by atoms with van der Waals surface area (Å²) in [6, 6.07) is 10.3. The van der Waals surface area contributed by atoms with Crippen LogP contribution in [0.25, 0.3) is 10.6 Å². The molecule has 0 spiro atoms. The maximum Gasteiger partial charge on any atom is 0.123 e. The zero-order chi connectivity index (χ0) is 17.0. The maximum atomic E-state index is 10.8. The molecule has 2 aromatic rings. The number of likely N-dealkylation sites (tertiary alicyclic amines) is 1. The second kappa shape index (κ2) is 7.74. The van der Waals surface area contributed by atoms with Crippen molar-refractivity contribution in [1.29, 1.82) is 0 Å². The van der Waals surface area contributed by atoms with E-state index in [9.17, 15) is 5.11 Å². The van der Waals surface area contributed by atoms with Crippen LogP contribution in [0.1, 0.15) is 24.6 Å². The van der Waals surface area contributed by atoms with Gasteiger partial charge >= 0.3 is 0 Å². The van der Waals surface area contributed by atoms with E-state index >= 15 is 0 Å². The lowest BCUT2D eigenvalue weighted by atomic mass is 9.80. The van der Waals surface area contributed by atoms with Crippen molar-refractivity contribution in [2.24, 2.45) is 5.92 Å². The van der Waals surface area contributed by atoms with Crippen LogP contribution in [-0.4, -0.2) is 47.4 Å². The summed E-state index contributed by atoms with van der Waals surface area (Å²) >= 11 is 1.76. The number of piperidine rings is 1. The number of benzene rings is 1. The summed E-state index contributed by atoms with van der Waals surface area (Å²) in [6.07, 6.45) is 3.52. The Labute approximate surface area is 148 Å². The fourth-order valence-electron chi connectivity index (χ4n) is 3.36. The number of rotatable bonds is 6. The Morgan fingerprint density at radius 2 is 2.17 bits per heavy atom. The lowest BCUT2D eigenvalue weighted by Gasteiger charge is -2.43. The molecular weight excluding hydrogens is 320 g/mol. The van der Waals surface area contributed by atoms with Crippen LogP contribution in [0.4, 0.5) is 0 Å². The van der Waals surface area contributed by atoms with Crippen LogP contribution in [0, 0.1) is 5.92 Å². The summed E-state index contributed by atoms with van der Waals surface area (Å²) in [6.45, 7) is 5.51. The van der Waals surface area contributed by atoms with Crippen molar-refractivity contribution < 1.29 is 9.84 Å². The number of ether oxygens (including phenoxy) is 1. The minimum Gasteiger partial charge on any atom is -0.389 e. The van der Waals surface area contributed by atoms with Gasteiger partial charge in [0.15, 0.2) is 0 Å². The lowest BCUT2D eigenvalue weighted by molar-refractivity contribution is -0.0825. The van der Waals surface area contributed by atoms with E-state index in [-0.39, 0.29) is 5.92 Å². The second-order valence-corrected chi connectivity index (χ2v) is 7.85. The summed E-state index contributed by atoms with van der Waals surface area (Å²) in [4.78, 5) is 8.27. The van der Waals surface area contributed by atoms with E-state index in [1.807, 2.05) is 24.4 Å². The molecule has 130 valence electrons. The van der Waals surface area contributed by atoms with E-state index in [1.165, 1.54) is 10.4 Å². The van der Waals surface area contributed by atoms with Gasteiger partial charge in [0.25, 0.3) is 0 Å². The molecule has 3 rings (SSSR count). The summed E-state index contributed by atoms with van der Waals surface area (Å²) in [5.41, 5.74) is 0.588. The van der Waals surface area contributed by atoms with E-state index in [4.69, 9.17) is 4.74 Å². The number of nitrogens with zero attached hydrogens (tertiary/aromatic N) is 2. The Morgan fingerprint density at radius 1 is 1.38 bits per heavy atom. The zero-order valence-electron chi connectivity index (χ0n) is 14.4. The molecule has 1 aliphatic rings. The number of methoxy groups -OCH3 is 1. The predicted molar refractivity (Wildman–Crippen MR) is 98.1 cm³/mol. The van der Waals surface area contributed by atoms with Crippen molar-refractivity contribution in [2.45, 2.75) is 31.9 Å². The minimum absolute atomic E-state index is 0.253. The topological polar surface area (TPSA) is 45.6 Å². The molecule has 0 aliphatic carbocycles. The first-order valence-corrected chi connectivity index (χ1v) is 9.36. The molecule has 0 amide bonds. The van der Waals surface area contributed by atoms with Crippen LogP contribution >= 0.6 is 11.3 Å². The molecule has 1 aromatic heterocycles. The predicted octanol–water partition coefficient (Wildman–Crippen LogP) is 3.42. The molecule has 2 atom stereocenters. The Bertz CT molecular complexity index is 646. The third kappa shape index (κ3) is 4.03. The molecule has 0 bridgehead atoms. The third-order valence-corrected chi connectivity index (χ3v) is 6.03. The number of thiazole rings is 1. The molecule has 1 aromatic carbocycles. The average molecular weight is 346 g/mol. The molecule has 1 saturated heterocycles. The van der Waals surface area contributed by atoms with Gasteiger partial charge in [-0.15, -0.1) is 11.3 Å². The Hall–Kier alpha value is -1.27. The summed E-state index contributed by atoms with van der Waals surface area (Å²) in [7, 11) is 1.69. The van der Waals surface area contributed by atoms with Gasteiger partial charge < -0.3 is 9.84 Å². The van der Waals surface area contributed by atoms with E-state index < -0.39 is 5.60 Å². The zero-order valence-corrected chi connectivity index (χ0v) is 15.3. The highest BCUT2D eigenvalue weighted by atomic mass is 32.1. The van der Waals surface area contributed by atoms with E-state index in [2.05, 4.69) is 28.9 Å². The van der Waals surface area contributed by atoms with Gasteiger partial charge in [0.1, 0.15) is 5.01 Å². The number of aliphatic hydroxyl groups is 1. The molecule has 1 N–H and O–H groups in total. The lowest BCUT2D eigenvalue weighted by Crippen LogP contribution is -2.50. The van der Waals surface area contributed by atoms with Crippen LogP contribution in [0.15, 0.2) is 36.5 Å². The van der Waals surface area contributed by atoms with Crippen LogP contribution < -0.4 is 0 Å². The molecule has 24 heavy (non-hydrogen) atoms. The summed E-state index contributed by atoms with van der Waals surface area (Å²) < 4.78 is 5.15. The Kier molecular flexibility index (Phi) is 5.66. The van der Waals surface area contributed by atoms with Crippen molar-refractivity contribution in [3.63, 3.8) is 0 Å². The normalized spacial score (nSPS) is 25.0. The van der Waals surface area contributed by atoms with E-state index in [1.54, 1.807) is 18.4 Å². The monoisotopic (exact) mass is 346 g/mol. The summed E-state index contributed by atoms with van der Waals surface area (Å²) in [5.74, 6) is 0.253. The maximum absolute atomic E-state index is 10.8. The second-order valence-electron chi connectivity index (χ2n) is 6.73. The van der Waals surface area contributed by atoms with Crippen molar-refractivity contribution in [3.8, 4) is 10.6 Å². The van der Waals surface area contributed by atoms with Crippen LogP contribution in [0.3, 0.4) is 0 Å². The van der Waals surface area contributed by atoms with Crippen molar-refractivity contribution in [3.05, 3.63) is 41.4 Å². The minimum atomic E-state index is -0.588. The molecule has 1 aliphatic heterocycles. The standard InChI is InChI=1S/C19H26N2O2S/c1-15-13-21(10-8-19(15,22)9-11-23-2)14-17-12-20-18(24-17)16-6-4-3-5-7-16/h3-7,12,15,22H,8-11,13-14H2,1-2H3/t15-,19-/m1/s1. The Balaban J connectivity index is 1.59. The molecule has 0 unspecified atom stereocenters. The smallest absolute Gasteiger partial charge is 0.123 e. The molecule has 5 heteroatoms. The van der Waals surface area contributed by atoms with Gasteiger partial charge in [-0.25, -0.2) is 4.98 Å². The van der Waals surface area contributed by atoms with Crippen LogP contribution in [0.2, 0.25) is 0 Å². The first-order valence-electron chi connectivity index (χ1n) is 8.54. The fourth-order valence-corrected chi connectivity index (χ4v) is 4.32. The van der Waals surface area contributed by atoms with Gasteiger partial charge in [-0.1, -0.05) is 37.3 Å². The molecule has 4 nitrogen and oxygen atoms in total. The van der Waals surface area contributed by atoms with Crippen LogP contribution in [0.5, 0.6) is 0 Å². The number of aromatic nitrogens is 1. The van der Waals surface area contributed by atoms with Gasteiger partial charge in [-0.2, -0.15) is 0 Å². The van der Waals surface area contributed by atoms with Gasteiger partial charge in [0.05, 0.1) is 5.60 Å². The molecule has 1 fully saturated rings. The molecule has 0 radical (unpaired) electrons. The van der Waals surface area contributed by atoms with Gasteiger partial charge in [-0.3, -0.25) is 4.90 Å². The van der Waals surface area contributed by atoms with Crippen molar-refractivity contribution in [2.75, 3.05) is 26.8 Å². The summed E-state index contributed by atoms with van der Waals surface area (Å²) in [5, 5.41) is 11.9. The molecule has 0 saturated carbocycles. The average Bonchev–Trinajstić information content (AvgIpc) is 3.06. The Morgan fingerprint density at radius 3 is 2.88 bits per heavy atom. The highest BCUT2D eigenvalue weighted by Gasteiger charge is 2.38. The van der Waals surface area contributed by atoms with Crippen molar-refractivity contribution in [1.82, 2.24) is 9.88 Å². The molecule has 2 heterocycles. The highest BCUT2D eigenvalue weighted by molar-refractivity contribution is 7.15. The van der Waals surface area contributed by atoms with Crippen LogP contribution in [-0.2, 0) is 11.3 Å². The van der Waals surface area contributed by atoms with Gasteiger partial charge in [-0.05, 0) is 18.8 Å². The van der Waals surface area contributed by atoms with Gasteiger partial charge in [0.2, 0.25) is 0 Å². The number of hydrogen-bond donors (Lipinski definition) is 1. The SMILES string of the molecule is COCC[C@]1(O)CCN(Cc2cnc(-c3ccccc3)s2)C[C@H]1C. The molecular formula is C19H26N2O2S. The first kappa shape index (κ1) is 17.5. The van der Waals surface area contributed by atoms with E-state index in [0.717, 1.165) is 37.5 Å². The van der Waals surface area contributed by atoms with Gasteiger partial charge in [0, 0.05) is 50.0 Å². The fraction of sp³-hybridized carbons (Fsp3) is 0.526. The third-order valence-electron chi connectivity index (χ3n) is 5.00. The van der Waals surface area contributed by atoms with Crippen molar-refractivity contribution >= 4 is 11.3 Å². The highest BCUT2D eigenvalue weighted by Crippen LogP contribution is 2.32. The first-order chi connectivity index (χ1) is 11.6. The number of hydrogen-bond acceptors (Lipinski definition) is 5. The largest absolute Gasteiger partial charge is 0.389 e. The quantitative estimate of drug-likeness (QED) is 0.870.